The molecule has 3 atom stereocenters. The largest absolute Gasteiger partial charge is 0.465 e. The zero-order valence-electron chi connectivity index (χ0n) is 15.8. The Balaban J connectivity index is 1.69. The van der Waals surface area contributed by atoms with Crippen molar-refractivity contribution in [1.82, 2.24) is 9.88 Å². The van der Waals surface area contributed by atoms with Gasteiger partial charge in [-0.3, -0.25) is 14.6 Å². The number of hydrogen-bond acceptors (Lipinski definition) is 4. The van der Waals surface area contributed by atoms with Gasteiger partial charge in [-0.05, 0) is 44.2 Å². The number of rotatable bonds is 5. The minimum absolute atomic E-state index is 0.0473. The van der Waals surface area contributed by atoms with Crippen LogP contribution in [0.3, 0.4) is 0 Å². The number of ether oxygens (including phenoxy) is 1. The Labute approximate surface area is 163 Å². The molecular weight excluding hydrogens is 359 g/mol. The maximum atomic E-state index is 13.6. The first-order valence-corrected chi connectivity index (χ1v) is 9.69. The van der Waals surface area contributed by atoms with Crippen LogP contribution >= 0.6 is 0 Å². The molecule has 2 fully saturated rings. The molecule has 3 heterocycles. The molecule has 0 unspecified atom stereocenters. The predicted molar refractivity (Wildman–Crippen MR) is 101 cm³/mol. The Kier molecular flexibility index (Phi) is 4.87. The van der Waals surface area contributed by atoms with E-state index in [1.54, 1.807) is 11.8 Å². The smallest absolute Gasteiger partial charge is 0.314 e. The molecule has 5 nitrogen and oxygen atoms in total. The minimum Gasteiger partial charge on any atom is -0.465 e. The fourth-order valence-electron chi connectivity index (χ4n) is 4.88. The summed E-state index contributed by atoms with van der Waals surface area (Å²) in [7, 11) is 0. The SMILES string of the molecule is CCOC(=O)[C@@]1(Cc2ccccc2)C[C@H]2CC[C@@H]1N2C(=O)c1cncc(F)c1. The number of benzene rings is 1. The summed E-state index contributed by atoms with van der Waals surface area (Å²) >= 11 is 0. The van der Waals surface area contributed by atoms with E-state index in [9.17, 15) is 14.0 Å². The van der Waals surface area contributed by atoms with E-state index in [-0.39, 0.29) is 29.5 Å². The lowest BCUT2D eigenvalue weighted by Crippen LogP contribution is -2.47. The summed E-state index contributed by atoms with van der Waals surface area (Å²) in [6, 6.07) is 10.7. The molecule has 0 aliphatic carbocycles. The first-order valence-electron chi connectivity index (χ1n) is 9.69. The highest BCUT2D eigenvalue weighted by atomic mass is 19.1. The van der Waals surface area contributed by atoms with E-state index in [0.717, 1.165) is 24.6 Å². The Morgan fingerprint density at radius 3 is 2.75 bits per heavy atom. The number of esters is 1. The molecular formula is C22H23FN2O3. The van der Waals surface area contributed by atoms with Crippen LogP contribution in [0, 0.1) is 11.2 Å². The second-order valence-corrected chi connectivity index (χ2v) is 7.59. The van der Waals surface area contributed by atoms with Crippen LogP contribution in [-0.2, 0) is 16.0 Å². The first kappa shape index (κ1) is 18.6. The van der Waals surface area contributed by atoms with Crippen molar-refractivity contribution < 1.29 is 18.7 Å². The van der Waals surface area contributed by atoms with Crippen LogP contribution in [-0.4, -0.2) is 40.5 Å². The normalized spacial score (nSPS) is 25.7. The molecule has 2 aliphatic rings. The number of aromatic nitrogens is 1. The predicted octanol–water partition coefficient (Wildman–Crippen LogP) is 3.39. The van der Waals surface area contributed by atoms with E-state index >= 15 is 0 Å². The second kappa shape index (κ2) is 7.34. The fourth-order valence-corrected chi connectivity index (χ4v) is 4.88. The van der Waals surface area contributed by atoms with Gasteiger partial charge in [0.25, 0.3) is 5.91 Å². The van der Waals surface area contributed by atoms with Gasteiger partial charge in [0.1, 0.15) is 5.82 Å². The van der Waals surface area contributed by atoms with Gasteiger partial charge in [-0.1, -0.05) is 30.3 Å². The van der Waals surface area contributed by atoms with Crippen molar-refractivity contribution in [1.29, 1.82) is 0 Å². The molecule has 0 radical (unpaired) electrons. The summed E-state index contributed by atoms with van der Waals surface area (Å²) in [6.07, 6.45) is 5.14. The molecule has 2 saturated heterocycles. The molecule has 146 valence electrons. The van der Waals surface area contributed by atoms with Gasteiger partial charge in [-0.15, -0.1) is 0 Å². The van der Waals surface area contributed by atoms with E-state index in [1.165, 1.54) is 12.3 Å². The summed E-state index contributed by atoms with van der Waals surface area (Å²) < 4.78 is 19.0. The summed E-state index contributed by atoms with van der Waals surface area (Å²) in [4.78, 5) is 31.8. The number of fused-ring (bicyclic) bond motifs is 2. The number of amides is 1. The average Bonchev–Trinajstić information content (AvgIpc) is 3.25. The van der Waals surface area contributed by atoms with Crippen molar-refractivity contribution >= 4 is 11.9 Å². The zero-order valence-corrected chi connectivity index (χ0v) is 15.8. The Hall–Kier alpha value is -2.76. The summed E-state index contributed by atoms with van der Waals surface area (Å²) in [5.74, 6) is -1.06. The zero-order chi connectivity index (χ0) is 19.7. The highest BCUT2D eigenvalue weighted by Gasteiger charge is 2.62. The fraction of sp³-hybridized carbons (Fsp3) is 0.409. The molecule has 2 aliphatic heterocycles. The molecule has 1 aromatic carbocycles. The van der Waals surface area contributed by atoms with Crippen molar-refractivity contribution in [2.24, 2.45) is 5.41 Å². The van der Waals surface area contributed by atoms with Crippen LogP contribution in [0.2, 0.25) is 0 Å². The lowest BCUT2D eigenvalue weighted by atomic mass is 9.70. The van der Waals surface area contributed by atoms with Gasteiger partial charge in [-0.2, -0.15) is 0 Å². The molecule has 0 N–H and O–H groups in total. The van der Waals surface area contributed by atoms with E-state index in [2.05, 4.69) is 4.98 Å². The quantitative estimate of drug-likeness (QED) is 0.744. The molecule has 2 aromatic rings. The lowest BCUT2D eigenvalue weighted by molar-refractivity contribution is -0.157. The summed E-state index contributed by atoms with van der Waals surface area (Å²) in [5, 5.41) is 0. The van der Waals surface area contributed by atoms with Crippen LogP contribution in [0.25, 0.3) is 0 Å². The number of hydrogen-bond donors (Lipinski definition) is 0. The van der Waals surface area contributed by atoms with Gasteiger partial charge in [0.05, 0.1) is 23.8 Å². The van der Waals surface area contributed by atoms with Crippen LogP contribution in [0.4, 0.5) is 4.39 Å². The Morgan fingerprint density at radius 1 is 1.25 bits per heavy atom. The van der Waals surface area contributed by atoms with Gasteiger partial charge in [0.2, 0.25) is 0 Å². The van der Waals surface area contributed by atoms with Gasteiger partial charge >= 0.3 is 5.97 Å². The number of carbonyl (C=O) groups excluding carboxylic acids is 2. The van der Waals surface area contributed by atoms with E-state index < -0.39 is 11.2 Å². The van der Waals surface area contributed by atoms with Gasteiger partial charge < -0.3 is 9.64 Å². The third kappa shape index (κ3) is 3.07. The van der Waals surface area contributed by atoms with Crippen LogP contribution < -0.4 is 0 Å². The molecule has 2 bridgehead atoms. The van der Waals surface area contributed by atoms with Crippen molar-refractivity contribution in [2.75, 3.05) is 6.61 Å². The lowest BCUT2D eigenvalue weighted by Gasteiger charge is -2.35. The van der Waals surface area contributed by atoms with Crippen molar-refractivity contribution in [2.45, 2.75) is 44.7 Å². The average molecular weight is 382 g/mol. The maximum Gasteiger partial charge on any atom is 0.314 e. The highest BCUT2D eigenvalue weighted by Crippen LogP contribution is 2.52. The Morgan fingerprint density at radius 2 is 2.04 bits per heavy atom. The molecule has 1 amide bonds. The molecule has 28 heavy (non-hydrogen) atoms. The van der Waals surface area contributed by atoms with Gasteiger partial charge in [0, 0.05) is 18.3 Å². The van der Waals surface area contributed by atoms with Crippen molar-refractivity contribution in [3.8, 4) is 0 Å². The molecule has 1 aromatic heterocycles. The second-order valence-electron chi connectivity index (χ2n) is 7.59. The molecule has 4 rings (SSSR count). The molecule has 0 saturated carbocycles. The van der Waals surface area contributed by atoms with Crippen molar-refractivity contribution in [3.63, 3.8) is 0 Å². The minimum atomic E-state index is -0.767. The third-order valence-corrected chi connectivity index (χ3v) is 5.97. The van der Waals surface area contributed by atoms with Gasteiger partial charge in [-0.25, -0.2) is 4.39 Å². The van der Waals surface area contributed by atoms with E-state index in [0.29, 0.717) is 19.4 Å². The van der Waals surface area contributed by atoms with Crippen LogP contribution in [0.1, 0.15) is 42.1 Å². The number of carbonyl (C=O) groups is 2. The standard InChI is InChI=1S/C22H23FN2O3/c1-2-28-21(27)22(11-15-6-4-3-5-7-15)12-18-8-9-19(22)25(18)20(26)16-10-17(23)14-24-13-16/h3-7,10,13-14,18-19H,2,8-9,11-12H2,1H3/t18-,19+,22+/m1/s1. The first-order chi connectivity index (χ1) is 13.5. The highest BCUT2D eigenvalue weighted by molar-refractivity contribution is 5.96. The summed E-state index contributed by atoms with van der Waals surface area (Å²) in [5.41, 5.74) is 0.496. The maximum absolute atomic E-state index is 13.6. The van der Waals surface area contributed by atoms with E-state index in [4.69, 9.17) is 4.74 Å². The topological polar surface area (TPSA) is 59.5 Å². The number of nitrogens with zero attached hydrogens (tertiary/aromatic N) is 2. The number of halogens is 1. The molecule has 0 spiro atoms. The van der Waals surface area contributed by atoms with Crippen molar-refractivity contribution in [3.05, 3.63) is 65.7 Å². The van der Waals surface area contributed by atoms with Crippen LogP contribution in [0.15, 0.2) is 48.8 Å². The van der Waals surface area contributed by atoms with Crippen LogP contribution in [0.5, 0.6) is 0 Å². The monoisotopic (exact) mass is 382 g/mol. The number of pyridine rings is 1. The third-order valence-electron chi connectivity index (χ3n) is 5.97. The Bertz CT molecular complexity index is 888. The summed E-state index contributed by atoms with van der Waals surface area (Å²) in [6.45, 7) is 2.09. The van der Waals surface area contributed by atoms with Gasteiger partial charge in [0.15, 0.2) is 0 Å². The molecule has 6 heteroatoms. The van der Waals surface area contributed by atoms with E-state index in [1.807, 2.05) is 30.3 Å².